The topological polar surface area (TPSA) is 54.5 Å². The van der Waals surface area contributed by atoms with Crippen molar-refractivity contribution in [2.75, 3.05) is 32.1 Å². The van der Waals surface area contributed by atoms with Crippen LogP contribution in [0, 0.1) is 6.92 Å². The van der Waals surface area contributed by atoms with Crippen LogP contribution < -0.4 is 5.32 Å². The number of likely N-dealkylation sites (tertiary alicyclic amines) is 1. The Balaban J connectivity index is 1.56. The molecule has 0 saturated carbocycles. The quantitative estimate of drug-likeness (QED) is 0.844. The summed E-state index contributed by atoms with van der Waals surface area (Å²) < 4.78 is 4.73. The third-order valence-corrected chi connectivity index (χ3v) is 5.09. The van der Waals surface area contributed by atoms with Gasteiger partial charge in [-0.05, 0) is 31.9 Å². The first-order valence-electron chi connectivity index (χ1n) is 8.22. The predicted molar refractivity (Wildman–Crippen MR) is 97.4 cm³/mol. The molecule has 0 unspecified atom stereocenters. The highest BCUT2D eigenvalue weighted by Gasteiger charge is 2.21. The molecule has 1 fully saturated rings. The zero-order valence-corrected chi connectivity index (χ0v) is 14.9. The van der Waals surface area contributed by atoms with Crippen molar-refractivity contribution in [2.24, 2.45) is 0 Å². The standard InChI is InChI=1S/C18H23N3O2S/c1-13-19-17(12-24-13)14-4-3-5-16(10-14)20-15-6-8-21(9-7-15)11-18(22)23-2/h3-5,10,12,15,20H,6-9,11H2,1-2H3. The SMILES string of the molecule is COC(=O)CN1CCC(Nc2cccc(-c3csc(C)n3)c2)CC1. The zero-order chi connectivity index (χ0) is 16.9. The highest BCUT2D eigenvalue weighted by molar-refractivity contribution is 7.09. The Morgan fingerprint density at radius 3 is 2.88 bits per heavy atom. The minimum atomic E-state index is -0.160. The van der Waals surface area contributed by atoms with Gasteiger partial charge in [-0.2, -0.15) is 0 Å². The van der Waals surface area contributed by atoms with Crippen molar-refractivity contribution in [3.8, 4) is 11.3 Å². The number of nitrogens with one attached hydrogen (secondary N) is 1. The molecular formula is C18H23N3O2S. The largest absolute Gasteiger partial charge is 0.468 e. The summed E-state index contributed by atoms with van der Waals surface area (Å²) in [4.78, 5) is 18.0. The summed E-state index contributed by atoms with van der Waals surface area (Å²) >= 11 is 1.67. The van der Waals surface area contributed by atoms with Gasteiger partial charge in [-0.1, -0.05) is 12.1 Å². The van der Waals surface area contributed by atoms with Crippen molar-refractivity contribution in [3.63, 3.8) is 0 Å². The summed E-state index contributed by atoms with van der Waals surface area (Å²) in [6, 6.07) is 8.86. The van der Waals surface area contributed by atoms with Gasteiger partial charge in [-0.3, -0.25) is 9.69 Å². The predicted octanol–water partition coefficient (Wildman–Crippen LogP) is 3.17. The maximum atomic E-state index is 11.3. The van der Waals surface area contributed by atoms with Gasteiger partial charge in [0.15, 0.2) is 0 Å². The minimum absolute atomic E-state index is 0.160. The summed E-state index contributed by atoms with van der Waals surface area (Å²) in [5.74, 6) is -0.160. The van der Waals surface area contributed by atoms with Crippen LogP contribution in [0.3, 0.4) is 0 Å². The first kappa shape index (κ1) is 16.9. The molecule has 0 atom stereocenters. The van der Waals surface area contributed by atoms with Crippen LogP contribution >= 0.6 is 11.3 Å². The van der Waals surface area contributed by atoms with Crippen LogP contribution in [0.2, 0.25) is 0 Å². The van der Waals surface area contributed by atoms with Crippen molar-refractivity contribution < 1.29 is 9.53 Å². The van der Waals surface area contributed by atoms with Crippen LogP contribution in [0.15, 0.2) is 29.6 Å². The molecular weight excluding hydrogens is 322 g/mol. The number of hydrogen-bond acceptors (Lipinski definition) is 6. The summed E-state index contributed by atoms with van der Waals surface area (Å²) in [6.07, 6.45) is 2.05. The average molecular weight is 345 g/mol. The van der Waals surface area contributed by atoms with Gasteiger partial charge in [-0.25, -0.2) is 4.98 Å². The van der Waals surface area contributed by atoms with E-state index in [4.69, 9.17) is 4.74 Å². The Kier molecular flexibility index (Phi) is 5.48. The highest BCUT2D eigenvalue weighted by Crippen LogP contribution is 2.25. The van der Waals surface area contributed by atoms with Crippen LogP contribution in [0.1, 0.15) is 17.8 Å². The molecule has 1 aliphatic rings. The molecule has 1 N–H and O–H groups in total. The zero-order valence-electron chi connectivity index (χ0n) is 14.1. The minimum Gasteiger partial charge on any atom is -0.468 e. The number of ether oxygens (including phenoxy) is 1. The molecule has 2 aromatic rings. The lowest BCUT2D eigenvalue weighted by Crippen LogP contribution is -2.41. The van der Waals surface area contributed by atoms with Crippen LogP contribution in [0.4, 0.5) is 5.69 Å². The van der Waals surface area contributed by atoms with Gasteiger partial charge in [-0.15, -0.1) is 11.3 Å². The van der Waals surface area contributed by atoms with Crippen LogP contribution in [-0.2, 0) is 9.53 Å². The summed E-state index contributed by atoms with van der Waals surface area (Å²) in [5, 5.41) is 6.80. The number of carbonyl (C=O) groups excluding carboxylic acids is 1. The first-order valence-corrected chi connectivity index (χ1v) is 9.10. The number of hydrogen-bond donors (Lipinski definition) is 1. The second-order valence-electron chi connectivity index (χ2n) is 6.10. The maximum absolute atomic E-state index is 11.3. The Morgan fingerprint density at radius 2 is 2.21 bits per heavy atom. The fourth-order valence-corrected chi connectivity index (χ4v) is 3.60. The van der Waals surface area contributed by atoms with E-state index in [1.54, 1.807) is 11.3 Å². The fourth-order valence-electron chi connectivity index (χ4n) is 2.98. The van der Waals surface area contributed by atoms with E-state index in [0.29, 0.717) is 12.6 Å². The number of benzene rings is 1. The van der Waals surface area contributed by atoms with E-state index in [1.807, 2.05) is 6.92 Å². The third kappa shape index (κ3) is 4.33. The molecule has 2 heterocycles. The van der Waals surface area contributed by atoms with Crippen LogP contribution in [0.5, 0.6) is 0 Å². The molecule has 1 saturated heterocycles. The molecule has 1 aromatic carbocycles. The maximum Gasteiger partial charge on any atom is 0.319 e. The number of carbonyl (C=O) groups is 1. The first-order chi connectivity index (χ1) is 11.6. The number of aryl methyl sites for hydroxylation is 1. The average Bonchev–Trinajstić information content (AvgIpc) is 3.03. The van der Waals surface area contributed by atoms with Crippen molar-refractivity contribution in [3.05, 3.63) is 34.7 Å². The summed E-state index contributed by atoms with van der Waals surface area (Å²) in [6.45, 7) is 4.25. The second-order valence-corrected chi connectivity index (χ2v) is 7.17. The molecule has 5 nitrogen and oxygen atoms in total. The van der Waals surface area contributed by atoms with Crippen LogP contribution in [0.25, 0.3) is 11.3 Å². The Labute approximate surface area is 146 Å². The molecule has 0 spiro atoms. The van der Waals surface area contributed by atoms with Gasteiger partial charge < -0.3 is 10.1 Å². The number of piperidine rings is 1. The molecule has 0 radical (unpaired) electrons. The molecule has 0 amide bonds. The van der Waals surface area contributed by atoms with Gasteiger partial charge >= 0.3 is 5.97 Å². The Bertz CT molecular complexity index is 693. The number of aromatic nitrogens is 1. The molecule has 6 heteroatoms. The van der Waals surface area contributed by atoms with E-state index in [-0.39, 0.29) is 5.97 Å². The number of nitrogens with zero attached hydrogens (tertiary/aromatic N) is 2. The normalized spacial score (nSPS) is 16.1. The van der Waals surface area contributed by atoms with Gasteiger partial charge in [0.05, 0.1) is 24.4 Å². The number of esters is 1. The van der Waals surface area contributed by atoms with E-state index < -0.39 is 0 Å². The Morgan fingerprint density at radius 1 is 1.42 bits per heavy atom. The summed E-state index contributed by atoms with van der Waals surface area (Å²) in [7, 11) is 1.44. The number of thiazole rings is 1. The highest BCUT2D eigenvalue weighted by atomic mass is 32.1. The van der Waals surface area contributed by atoms with E-state index in [9.17, 15) is 4.79 Å². The molecule has 1 aliphatic heterocycles. The molecule has 0 bridgehead atoms. The van der Waals surface area contributed by atoms with Crippen molar-refractivity contribution in [2.45, 2.75) is 25.8 Å². The molecule has 128 valence electrons. The lowest BCUT2D eigenvalue weighted by atomic mass is 10.0. The lowest BCUT2D eigenvalue weighted by molar-refractivity contribution is -0.142. The van der Waals surface area contributed by atoms with Crippen molar-refractivity contribution in [1.29, 1.82) is 0 Å². The number of methoxy groups -OCH3 is 1. The second kappa shape index (κ2) is 7.77. The van der Waals surface area contributed by atoms with E-state index in [2.05, 4.69) is 44.8 Å². The van der Waals surface area contributed by atoms with Crippen LogP contribution in [-0.4, -0.2) is 48.6 Å². The molecule has 0 aliphatic carbocycles. The van der Waals surface area contributed by atoms with Crippen molar-refractivity contribution in [1.82, 2.24) is 9.88 Å². The number of anilines is 1. The summed E-state index contributed by atoms with van der Waals surface area (Å²) in [5.41, 5.74) is 3.31. The van der Waals surface area contributed by atoms with Gasteiger partial charge in [0.1, 0.15) is 0 Å². The van der Waals surface area contributed by atoms with Crippen molar-refractivity contribution >= 4 is 23.0 Å². The monoisotopic (exact) mass is 345 g/mol. The number of rotatable bonds is 5. The van der Waals surface area contributed by atoms with E-state index in [0.717, 1.165) is 47.9 Å². The Hall–Kier alpha value is -1.92. The molecule has 24 heavy (non-hydrogen) atoms. The van der Waals surface area contributed by atoms with Gasteiger partial charge in [0.2, 0.25) is 0 Å². The molecule has 3 rings (SSSR count). The lowest BCUT2D eigenvalue weighted by Gasteiger charge is -2.32. The fraction of sp³-hybridized carbons (Fsp3) is 0.444. The smallest absolute Gasteiger partial charge is 0.319 e. The van der Waals surface area contributed by atoms with Gasteiger partial charge in [0.25, 0.3) is 0 Å². The van der Waals surface area contributed by atoms with E-state index >= 15 is 0 Å². The molecule has 1 aromatic heterocycles. The van der Waals surface area contributed by atoms with E-state index in [1.165, 1.54) is 7.11 Å². The third-order valence-electron chi connectivity index (χ3n) is 4.32. The van der Waals surface area contributed by atoms with Gasteiger partial charge in [0, 0.05) is 35.8 Å².